The van der Waals surface area contributed by atoms with E-state index in [1.165, 1.54) is 15.8 Å². The third kappa shape index (κ3) is 2.15. The Morgan fingerprint density at radius 1 is 1.47 bits per heavy atom. The SMILES string of the molecule is Cn1nccc1C(=O)N1CCCCC1C(=O)O. The zero-order valence-corrected chi connectivity index (χ0v) is 9.67. The summed E-state index contributed by atoms with van der Waals surface area (Å²) in [5.41, 5.74) is 0.429. The standard InChI is InChI=1S/C11H15N3O3/c1-13-8(5-6-12-13)10(15)14-7-3-2-4-9(14)11(16)17/h5-6,9H,2-4,7H2,1H3,(H,16,17). The molecule has 1 N–H and O–H groups in total. The van der Waals surface area contributed by atoms with Crippen molar-refractivity contribution in [1.82, 2.24) is 14.7 Å². The second-order valence-electron chi connectivity index (χ2n) is 4.19. The summed E-state index contributed by atoms with van der Waals surface area (Å²) in [5, 5.41) is 13.0. The number of piperidine rings is 1. The molecule has 2 rings (SSSR count). The van der Waals surface area contributed by atoms with Crippen LogP contribution in [0.2, 0.25) is 0 Å². The quantitative estimate of drug-likeness (QED) is 0.812. The van der Waals surface area contributed by atoms with Crippen LogP contribution >= 0.6 is 0 Å². The van der Waals surface area contributed by atoms with Crippen LogP contribution in [-0.4, -0.2) is 44.3 Å². The predicted octanol–water partition coefficient (Wildman–Crippen LogP) is 0.499. The monoisotopic (exact) mass is 237 g/mol. The van der Waals surface area contributed by atoms with Gasteiger partial charge in [-0.05, 0) is 25.3 Å². The molecule has 6 heteroatoms. The van der Waals surface area contributed by atoms with Crippen molar-refractivity contribution in [2.24, 2.45) is 7.05 Å². The Kier molecular flexibility index (Phi) is 3.12. The highest BCUT2D eigenvalue weighted by atomic mass is 16.4. The summed E-state index contributed by atoms with van der Waals surface area (Å²) >= 11 is 0. The van der Waals surface area contributed by atoms with Crippen molar-refractivity contribution in [3.05, 3.63) is 18.0 Å². The van der Waals surface area contributed by atoms with Crippen molar-refractivity contribution in [2.45, 2.75) is 25.3 Å². The fraction of sp³-hybridized carbons (Fsp3) is 0.545. The molecule has 6 nitrogen and oxygen atoms in total. The Bertz CT molecular complexity index is 441. The minimum atomic E-state index is -0.930. The van der Waals surface area contributed by atoms with Gasteiger partial charge in [-0.25, -0.2) is 4.79 Å². The first-order chi connectivity index (χ1) is 8.11. The number of carboxylic acid groups (broad SMARTS) is 1. The highest BCUT2D eigenvalue weighted by Gasteiger charge is 2.33. The van der Waals surface area contributed by atoms with E-state index in [0.717, 1.165) is 12.8 Å². The van der Waals surface area contributed by atoms with E-state index in [1.54, 1.807) is 13.1 Å². The highest BCUT2D eigenvalue weighted by Crippen LogP contribution is 2.19. The van der Waals surface area contributed by atoms with Gasteiger partial charge < -0.3 is 10.0 Å². The highest BCUT2D eigenvalue weighted by molar-refractivity contribution is 5.95. The molecule has 1 amide bonds. The van der Waals surface area contributed by atoms with E-state index in [9.17, 15) is 9.59 Å². The summed E-state index contributed by atoms with van der Waals surface area (Å²) in [7, 11) is 1.67. The molecule has 1 unspecified atom stereocenters. The second-order valence-corrected chi connectivity index (χ2v) is 4.19. The molecule has 2 heterocycles. The summed E-state index contributed by atoms with van der Waals surface area (Å²) < 4.78 is 1.47. The summed E-state index contributed by atoms with van der Waals surface area (Å²) in [5.74, 6) is -1.18. The number of aryl methyl sites for hydroxylation is 1. The number of nitrogens with zero attached hydrogens (tertiary/aromatic N) is 3. The maximum Gasteiger partial charge on any atom is 0.326 e. The molecule has 1 aromatic heterocycles. The number of carbonyl (C=O) groups excluding carboxylic acids is 1. The van der Waals surface area contributed by atoms with Gasteiger partial charge in [0, 0.05) is 19.8 Å². The molecule has 0 aliphatic carbocycles. The van der Waals surface area contributed by atoms with Gasteiger partial charge in [0.05, 0.1) is 0 Å². The van der Waals surface area contributed by atoms with E-state index >= 15 is 0 Å². The Morgan fingerprint density at radius 3 is 2.82 bits per heavy atom. The number of carbonyl (C=O) groups is 2. The molecule has 1 aliphatic heterocycles. The van der Waals surface area contributed by atoms with Crippen LogP contribution in [0.15, 0.2) is 12.3 Å². The Labute approximate surface area is 98.8 Å². The lowest BCUT2D eigenvalue weighted by atomic mass is 10.0. The number of rotatable bonds is 2. The number of carboxylic acids is 1. The smallest absolute Gasteiger partial charge is 0.326 e. The van der Waals surface area contributed by atoms with E-state index in [1.807, 2.05) is 0 Å². The van der Waals surface area contributed by atoms with Gasteiger partial charge in [-0.2, -0.15) is 5.10 Å². The molecule has 0 radical (unpaired) electrons. The molecule has 17 heavy (non-hydrogen) atoms. The van der Waals surface area contributed by atoms with Crippen molar-refractivity contribution in [2.75, 3.05) is 6.54 Å². The minimum Gasteiger partial charge on any atom is -0.480 e. The molecule has 0 saturated carbocycles. The normalized spacial score (nSPS) is 20.3. The predicted molar refractivity (Wildman–Crippen MR) is 59.5 cm³/mol. The molecule has 0 aromatic carbocycles. The van der Waals surface area contributed by atoms with Crippen LogP contribution in [0.25, 0.3) is 0 Å². The van der Waals surface area contributed by atoms with Crippen LogP contribution in [0.1, 0.15) is 29.8 Å². The van der Waals surface area contributed by atoms with Crippen molar-refractivity contribution in [3.8, 4) is 0 Å². The lowest BCUT2D eigenvalue weighted by Crippen LogP contribution is -2.48. The van der Waals surface area contributed by atoms with Gasteiger partial charge in [-0.15, -0.1) is 0 Å². The van der Waals surface area contributed by atoms with Gasteiger partial charge in [0.15, 0.2) is 0 Å². The average molecular weight is 237 g/mol. The molecule has 0 bridgehead atoms. The van der Waals surface area contributed by atoms with E-state index in [2.05, 4.69) is 5.10 Å². The fourth-order valence-electron chi connectivity index (χ4n) is 2.16. The number of likely N-dealkylation sites (tertiary alicyclic amines) is 1. The van der Waals surface area contributed by atoms with Gasteiger partial charge in [-0.1, -0.05) is 0 Å². The lowest BCUT2D eigenvalue weighted by Gasteiger charge is -2.32. The molecule has 1 aliphatic rings. The Morgan fingerprint density at radius 2 is 2.24 bits per heavy atom. The van der Waals surface area contributed by atoms with Crippen molar-refractivity contribution in [3.63, 3.8) is 0 Å². The minimum absolute atomic E-state index is 0.253. The maximum atomic E-state index is 12.2. The molecule has 0 spiro atoms. The van der Waals surface area contributed by atoms with Crippen LogP contribution in [0, 0.1) is 0 Å². The third-order valence-corrected chi connectivity index (χ3v) is 3.09. The first-order valence-corrected chi connectivity index (χ1v) is 5.63. The molecular formula is C11H15N3O3. The van der Waals surface area contributed by atoms with Crippen LogP contribution in [0.5, 0.6) is 0 Å². The summed E-state index contributed by atoms with van der Waals surface area (Å²) in [6.45, 7) is 0.501. The van der Waals surface area contributed by atoms with Crippen LogP contribution in [-0.2, 0) is 11.8 Å². The number of amides is 1. The topological polar surface area (TPSA) is 75.4 Å². The molecule has 1 atom stereocenters. The average Bonchev–Trinajstić information content (AvgIpc) is 2.74. The summed E-state index contributed by atoms with van der Waals surface area (Å²) in [6, 6.07) is 0.904. The molecular weight excluding hydrogens is 222 g/mol. The van der Waals surface area contributed by atoms with Gasteiger partial charge in [0.1, 0.15) is 11.7 Å². The first-order valence-electron chi connectivity index (χ1n) is 5.63. The van der Waals surface area contributed by atoms with E-state index in [4.69, 9.17) is 5.11 Å². The first kappa shape index (κ1) is 11.6. The number of aliphatic carboxylic acids is 1. The zero-order valence-electron chi connectivity index (χ0n) is 9.67. The summed E-state index contributed by atoms with van der Waals surface area (Å²) in [4.78, 5) is 24.7. The van der Waals surface area contributed by atoms with Crippen molar-refractivity contribution >= 4 is 11.9 Å². The molecule has 92 valence electrons. The third-order valence-electron chi connectivity index (χ3n) is 3.09. The van der Waals surface area contributed by atoms with Crippen LogP contribution in [0.4, 0.5) is 0 Å². The summed E-state index contributed by atoms with van der Waals surface area (Å²) in [6.07, 6.45) is 3.77. The van der Waals surface area contributed by atoms with Gasteiger partial charge in [-0.3, -0.25) is 9.48 Å². The van der Waals surface area contributed by atoms with E-state index < -0.39 is 12.0 Å². The van der Waals surface area contributed by atoms with E-state index in [0.29, 0.717) is 18.7 Å². The molecule has 1 saturated heterocycles. The van der Waals surface area contributed by atoms with Gasteiger partial charge >= 0.3 is 5.97 Å². The van der Waals surface area contributed by atoms with Crippen LogP contribution < -0.4 is 0 Å². The van der Waals surface area contributed by atoms with Crippen LogP contribution in [0.3, 0.4) is 0 Å². The van der Waals surface area contributed by atoms with Crippen molar-refractivity contribution < 1.29 is 14.7 Å². The number of hydrogen-bond acceptors (Lipinski definition) is 3. The Hall–Kier alpha value is -1.85. The Balaban J connectivity index is 2.23. The largest absolute Gasteiger partial charge is 0.480 e. The zero-order chi connectivity index (χ0) is 12.4. The van der Waals surface area contributed by atoms with E-state index in [-0.39, 0.29) is 5.91 Å². The molecule has 1 aromatic rings. The maximum absolute atomic E-state index is 12.2. The number of aromatic nitrogens is 2. The fourth-order valence-corrected chi connectivity index (χ4v) is 2.16. The van der Waals surface area contributed by atoms with Crippen molar-refractivity contribution in [1.29, 1.82) is 0 Å². The lowest BCUT2D eigenvalue weighted by molar-refractivity contribution is -0.143. The number of hydrogen-bond donors (Lipinski definition) is 1. The van der Waals surface area contributed by atoms with Gasteiger partial charge in [0.25, 0.3) is 5.91 Å². The second kappa shape index (κ2) is 4.57. The molecule has 1 fully saturated rings. The van der Waals surface area contributed by atoms with Gasteiger partial charge in [0.2, 0.25) is 0 Å².